The van der Waals surface area contributed by atoms with E-state index in [-0.39, 0.29) is 18.5 Å². The number of carbonyl (C=O) groups excluding carboxylic acids is 2. The van der Waals surface area contributed by atoms with Crippen molar-refractivity contribution in [1.82, 2.24) is 5.32 Å². The third-order valence-electron chi connectivity index (χ3n) is 13.7. The number of esters is 1. The van der Waals surface area contributed by atoms with Crippen LogP contribution in [0.5, 0.6) is 0 Å². The highest BCUT2D eigenvalue weighted by Gasteiger charge is 2.18. The van der Waals surface area contributed by atoms with Crippen molar-refractivity contribution < 1.29 is 24.5 Å². The number of hydrogen-bond acceptors (Lipinski definition) is 5. The number of nitrogens with one attached hydrogen (secondary N) is 1. The molecule has 0 bridgehead atoms. The fraction of sp³-hybridized carbons (Fsp3) is 0.869. The van der Waals surface area contributed by atoms with E-state index in [1.54, 1.807) is 6.08 Å². The number of aliphatic hydroxyl groups is 2. The predicted octanol–water partition coefficient (Wildman–Crippen LogP) is 18.4. The molecule has 0 spiro atoms. The van der Waals surface area contributed by atoms with Gasteiger partial charge in [0.2, 0.25) is 5.91 Å². The van der Waals surface area contributed by atoms with Crippen molar-refractivity contribution in [1.29, 1.82) is 0 Å². The average molecular weight is 943 g/mol. The number of unbranched alkanes of at least 4 members (excludes halogenated alkanes) is 40. The second-order valence-corrected chi connectivity index (χ2v) is 20.3. The lowest BCUT2D eigenvalue weighted by molar-refractivity contribution is -0.143. The van der Waals surface area contributed by atoms with Gasteiger partial charge >= 0.3 is 5.97 Å². The van der Waals surface area contributed by atoms with Gasteiger partial charge in [-0.25, -0.2) is 0 Å². The molecular weight excluding hydrogens is 827 g/mol. The molecule has 1 amide bonds. The Morgan fingerprint density at radius 1 is 0.418 bits per heavy atom. The van der Waals surface area contributed by atoms with Crippen LogP contribution in [0.25, 0.3) is 0 Å². The molecule has 0 aromatic rings. The molecule has 67 heavy (non-hydrogen) atoms. The van der Waals surface area contributed by atoms with Gasteiger partial charge in [0.1, 0.15) is 0 Å². The first-order valence-corrected chi connectivity index (χ1v) is 29.8. The highest BCUT2D eigenvalue weighted by atomic mass is 16.5. The summed E-state index contributed by atoms with van der Waals surface area (Å²) >= 11 is 0. The van der Waals surface area contributed by atoms with Crippen LogP contribution in [0.1, 0.15) is 316 Å². The number of rotatable bonds is 55. The van der Waals surface area contributed by atoms with Crippen molar-refractivity contribution in [3.63, 3.8) is 0 Å². The van der Waals surface area contributed by atoms with Crippen LogP contribution >= 0.6 is 0 Å². The van der Waals surface area contributed by atoms with Gasteiger partial charge in [0.15, 0.2) is 0 Å². The van der Waals surface area contributed by atoms with Gasteiger partial charge in [-0.1, -0.05) is 275 Å². The third kappa shape index (κ3) is 53.3. The minimum Gasteiger partial charge on any atom is -0.466 e. The third-order valence-corrected chi connectivity index (χ3v) is 13.7. The molecule has 0 rings (SSSR count). The summed E-state index contributed by atoms with van der Waals surface area (Å²) in [5.41, 5.74) is 0. The van der Waals surface area contributed by atoms with E-state index in [9.17, 15) is 19.8 Å². The van der Waals surface area contributed by atoms with E-state index in [2.05, 4.69) is 43.5 Å². The van der Waals surface area contributed by atoms with Gasteiger partial charge in [0.05, 0.1) is 25.4 Å². The first-order valence-electron chi connectivity index (χ1n) is 29.8. The summed E-state index contributed by atoms with van der Waals surface area (Å²) < 4.78 is 5.49. The second kappa shape index (κ2) is 56.7. The highest BCUT2D eigenvalue weighted by Crippen LogP contribution is 2.17. The summed E-state index contributed by atoms with van der Waals surface area (Å²) in [6.45, 7) is 4.87. The van der Waals surface area contributed by atoms with Gasteiger partial charge in [0.25, 0.3) is 0 Å². The maximum Gasteiger partial charge on any atom is 0.305 e. The van der Waals surface area contributed by atoms with Crippen LogP contribution < -0.4 is 5.32 Å². The Hall–Kier alpha value is -1.92. The van der Waals surface area contributed by atoms with Crippen LogP contribution in [-0.4, -0.2) is 47.4 Å². The smallest absolute Gasteiger partial charge is 0.305 e. The standard InChI is InChI=1S/C61H115NO5/c1-3-5-7-9-11-13-15-17-19-21-22-23-27-31-35-39-43-47-51-55-61(66)67-56-52-48-44-40-36-32-28-24-26-30-34-38-42-46-50-54-60(65)62-58(57-63)59(64)53-49-45-41-37-33-29-25-20-18-16-14-12-10-8-6-4-2/h11,13,17,19,49,53,58-59,63-64H,3-10,12,14-16,18,20-48,50-52,54-57H2,1-2H3,(H,62,65)/b13-11-,19-17-,53-49+. The summed E-state index contributed by atoms with van der Waals surface area (Å²) in [4.78, 5) is 24.6. The van der Waals surface area contributed by atoms with Crippen molar-refractivity contribution in [2.45, 2.75) is 328 Å². The molecule has 0 aromatic carbocycles. The van der Waals surface area contributed by atoms with Crippen LogP contribution in [0.2, 0.25) is 0 Å². The Morgan fingerprint density at radius 3 is 1.16 bits per heavy atom. The number of amides is 1. The number of hydrogen-bond donors (Lipinski definition) is 3. The lowest BCUT2D eigenvalue weighted by atomic mass is 10.0. The van der Waals surface area contributed by atoms with Gasteiger partial charge in [-0.3, -0.25) is 9.59 Å². The summed E-state index contributed by atoms with van der Waals surface area (Å²) in [6, 6.07) is -0.635. The molecule has 2 unspecified atom stereocenters. The largest absolute Gasteiger partial charge is 0.466 e. The molecule has 394 valence electrons. The van der Waals surface area contributed by atoms with E-state index in [0.29, 0.717) is 19.4 Å². The Bertz CT molecular complexity index is 1090. The van der Waals surface area contributed by atoms with Gasteiger partial charge in [-0.15, -0.1) is 0 Å². The number of ether oxygens (including phenoxy) is 1. The number of aliphatic hydroxyl groups excluding tert-OH is 2. The second-order valence-electron chi connectivity index (χ2n) is 20.3. The molecule has 6 nitrogen and oxygen atoms in total. The normalized spacial score (nSPS) is 12.8. The Kier molecular flexibility index (Phi) is 55.0. The lowest BCUT2D eigenvalue weighted by Crippen LogP contribution is -2.45. The zero-order chi connectivity index (χ0) is 48.6. The molecule has 0 aliphatic rings. The zero-order valence-electron chi connectivity index (χ0n) is 44.9. The van der Waals surface area contributed by atoms with Gasteiger partial charge in [-0.2, -0.15) is 0 Å². The van der Waals surface area contributed by atoms with Crippen LogP contribution in [0.4, 0.5) is 0 Å². The predicted molar refractivity (Wildman–Crippen MR) is 292 cm³/mol. The number of carbonyl (C=O) groups is 2. The quantitative estimate of drug-likeness (QED) is 0.0321. The van der Waals surface area contributed by atoms with E-state index in [1.807, 2.05) is 6.08 Å². The Morgan fingerprint density at radius 2 is 0.746 bits per heavy atom. The topological polar surface area (TPSA) is 95.9 Å². The van der Waals surface area contributed by atoms with Crippen molar-refractivity contribution in [2.24, 2.45) is 0 Å². The SMILES string of the molecule is CCCCC/C=C\C/C=C\CCCCCCCCCCCC(=O)OCCCCCCCCCCCCCCCCCC(=O)NC(CO)C(O)/C=C/CCCCCCCCCCCCCCCC. The summed E-state index contributed by atoms with van der Waals surface area (Å²) in [7, 11) is 0. The molecule has 2 atom stereocenters. The van der Waals surface area contributed by atoms with E-state index in [0.717, 1.165) is 64.2 Å². The molecule has 6 heteroatoms. The Balaban J connectivity index is 3.45. The summed E-state index contributed by atoms with van der Waals surface area (Å²) in [6.07, 6.45) is 70.2. The first kappa shape index (κ1) is 65.1. The maximum atomic E-state index is 12.5. The maximum absolute atomic E-state index is 12.5. The van der Waals surface area contributed by atoms with Gasteiger partial charge in [-0.05, 0) is 64.2 Å². The zero-order valence-corrected chi connectivity index (χ0v) is 44.9. The van der Waals surface area contributed by atoms with Crippen molar-refractivity contribution in [3.8, 4) is 0 Å². The monoisotopic (exact) mass is 942 g/mol. The molecule has 0 saturated carbocycles. The van der Waals surface area contributed by atoms with Crippen LogP contribution in [0.3, 0.4) is 0 Å². The average Bonchev–Trinajstić information content (AvgIpc) is 3.33. The molecule has 0 fully saturated rings. The molecular formula is C61H115NO5. The molecule has 0 saturated heterocycles. The number of allylic oxidation sites excluding steroid dienone is 5. The van der Waals surface area contributed by atoms with E-state index >= 15 is 0 Å². The van der Waals surface area contributed by atoms with Crippen molar-refractivity contribution in [3.05, 3.63) is 36.5 Å². The highest BCUT2D eigenvalue weighted by molar-refractivity contribution is 5.76. The fourth-order valence-electron chi connectivity index (χ4n) is 9.08. The van der Waals surface area contributed by atoms with Crippen LogP contribution in [0, 0.1) is 0 Å². The van der Waals surface area contributed by atoms with E-state index in [1.165, 1.54) is 225 Å². The molecule has 0 radical (unpaired) electrons. The van der Waals surface area contributed by atoms with E-state index in [4.69, 9.17) is 4.74 Å². The summed E-state index contributed by atoms with van der Waals surface area (Å²) in [5.74, 6) is -0.0796. The van der Waals surface area contributed by atoms with Crippen molar-refractivity contribution in [2.75, 3.05) is 13.2 Å². The minimum atomic E-state index is -0.851. The minimum absolute atomic E-state index is 0.00415. The van der Waals surface area contributed by atoms with E-state index < -0.39 is 12.1 Å². The lowest BCUT2D eigenvalue weighted by Gasteiger charge is -2.20. The van der Waals surface area contributed by atoms with Gasteiger partial charge in [0, 0.05) is 12.8 Å². The molecule has 3 N–H and O–H groups in total. The summed E-state index contributed by atoms with van der Waals surface area (Å²) in [5, 5.41) is 23.1. The van der Waals surface area contributed by atoms with Gasteiger partial charge < -0.3 is 20.3 Å². The first-order chi connectivity index (χ1) is 33.0. The molecule has 0 heterocycles. The Labute approximate surface area is 417 Å². The van der Waals surface area contributed by atoms with Crippen molar-refractivity contribution >= 4 is 11.9 Å². The molecule has 0 aromatic heterocycles. The van der Waals surface area contributed by atoms with Crippen LogP contribution in [0.15, 0.2) is 36.5 Å². The molecule has 0 aliphatic carbocycles. The molecule has 0 aliphatic heterocycles. The van der Waals surface area contributed by atoms with Crippen LogP contribution in [-0.2, 0) is 14.3 Å². The fourth-order valence-corrected chi connectivity index (χ4v) is 9.08.